The second-order valence-electron chi connectivity index (χ2n) is 1.15. The van der Waals surface area contributed by atoms with E-state index in [2.05, 4.69) is 5.32 Å². The van der Waals surface area contributed by atoms with Gasteiger partial charge in [0.1, 0.15) is 0 Å². The third-order valence-electron chi connectivity index (χ3n) is 0.437. The quantitative estimate of drug-likeness (QED) is 0.486. The number of hydrogen-bond donors (Lipinski definition) is 2. The smallest absolute Gasteiger partial charge is 0.245 e. The summed E-state index contributed by atoms with van der Waals surface area (Å²) in [5, 5.41) is 10.6. The van der Waals surface area contributed by atoms with Gasteiger partial charge in [0.05, 0.1) is 6.61 Å². The van der Waals surface area contributed by atoms with Crippen molar-refractivity contribution in [2.75, 3.05) is 13.2 Å². The summed E-state index contributed by atoms with van der Waals surface area (Å²) in [6, 6.07) is 0. The molecule has 2 nitrogen and oxygen atoms in total. The Morgan fingerprint density at radius 1 is 1.38 bits per heavy atom. The molecule has 0 heterocycles. The van der Waals surface area contributed by atoms with Crippen LogP contribution in [0.25, 0.3) is 0 Å². The van der Waals surface area contributed by atoms with Crippen LogP contribution < -0.4 is 5.32 Å². The van der Waals surface area contributed by atoms with Gasteiger partial charge in [0.2, 0.25) is 3.92 Å². The van der Waals surface area contributed by atoms with Gasteiger partial charge in [0.15, 0.2) is 0 Å². The molecule has 0 saturated heterocycles. The van der Waals surface area contributed by atoms with Crippen molar-refractivity contribution in [2.45, 2.75) is 3.92 Å². The molecule has 0 aliphatic carbocycles. The molecule has 0 fully saturated rings. The van der Waals surface area contributed by atoms with Crippen LogP contribution in [-0.4, -0.2) is 22.2 Å². The highest BCUT2D eigenvalue weighted by Gasteiger charge is 2.16. The molecule has 0 aromatic rings. The zero-order valence-electron chi connectivity index (χ0n) is 4.00. The van der Waals surface area contributed by atoms with Gasteiger partial charge in [0.25, 0.3) is 0 Å². The van der Waals surface area contributed by atoms with Crippen LogP contribution in [0, 0.1) is 0 Å². The molecule has 0 aliphatic rings. The van der Waals surface area contributed by atoms with E-state index in [1.54, 1.807) is 0 Å². The summed E-state index contributed by atoms with van der Waals surface area (Å²) in [4.78, 5) is 0. The Hall–Kier alpha value is 0.790. The summed E-state index contributed by atoms with van der Waals surface area (Å²) in [7, 11) is 0. The van der Waals surface area contributed by atoms with Crippen LogP contribution >= 0.6 is 34.8 Å². The minimum Gasteiger partial charge on any atom is -0.395 e. The van der Waals surface area contributed by atoms with Gasteiger partial charge in [-0.2, -0.15) is 0 Å². The predicted molar refractivity (Wildman–Crippen MR) is 35.4 cm³/mol. The van der Waals surface area contributed by atoms with Crippen molar-refractivity contribution in [1.82, 2.24) is 5.32 Å². The Morgan fingerprint density at radius 3 is 2.00 bits per heavy atom. The van der Waals surface area contributed by atoms with Crippen LogP contribution in [0.2, 0.25) is 0 Å². The van der Waals surface area contributed by atoms with Gasteiger partial charge in [-0.15, -0.1) is 0 Å². The normalized spacial score (nSPS) is 12.0. The predicted octanol–water partition coefficient (Wildman–Crippen LogP) is 0.896. The second kappa shape index (κ2) is 3.75. The fourth-order valence-corrected chi connectivity index (χ4v) is 0.481. The lowest BCUT2D eigenvalue weighted by molar-refractivity contribution is 0.292. The number of halogens is 3. The largest absolute Gasteiger partial charge is 0.395 e. The molecule has 5 heteroatoms. The van der Waals surface area contributed by atoms with Crippen molar-refractivity contribution in [1.29, 1.82) is 0 Å². The molecule has 0 saturated carbocycles. The van der Waals surface area contributed by atoms with E-state index < -0.39 is 3.92 Å². The summed E-state index contributed by atoms with van der Waals surface area (Å²) in [6.07, 6.45) is 0. The molecule has 2 N–H and O–H groups in total. The van der Waals surface area contributed by atoms with Gasteiger partial charge in [-0.05, 0) is 0 Å². The first-order valence-electron chi connectivity index (χ1n) is 1.99. The van der Waals surface area contributed by atoms with E-state index in [1.807, 2.05) is 0 Å². The zero-order valence-corrected chi connectivity index (χ0v) is 6.26. The van der Waals surface area contributed by atoms with Gasteiger partial charge in [-0.1, -0.05) is 34.8 Å². The Morgan fingerprint density at radius 2 is 1.88 bits per heavy atom. The highest BCUT2D eigenvalue weighted by atomic mass is 35.6. The van der Waals surface area contributed by atoms with Crippen LogP contribution in [0.3, 0.4) is 0 Å². The van der Waals surface area contributed by atoms with Crippen LogP contribution in [-0.2, 0) is 0 Å². The summed E-state index contributed by atoms with van der Waals surface area (Å²) >= 11 is 15.7. The average Bonchev–Trinajstić information content (AvgIpc) is 1.59. The van der Waals surface area contributed by atoms with E-state index in [-0.39, 0.29) is 13.2 Å². The SMILES string of the molecule is OCCNC(Cl)(Cl)Cl. The maximum absolute atomic E-state index is 8.19. The third kappa shape index (κ3) is 6.79. The van der Waals surface area contributed by atoms with Gasteiger partial charge < -0.3 is 5.11 Å². The van der Waals surface area contributed by atoms with Gasteiger partial charge >= 0.3 is 0 Å². The van der Waals surface area contributed by atoms with Gasteiger partial charge in [-0.25, -0.2) is 0 Å². The lowest BCUT2D eigenvalue weighted by Crippen LogP contribution is -2.30. The highest BCUT2D eigenvalue weighted by molar-refractivity contribution is 6.67. The van der Waals surface area contributed by atoms with E-state index in [0.29, 0.717) is 0 Å². The standard InChI is InChI=1S/C3H6Cl3NO/c4-3(5,6)7-1-2-8/h7-8H,1-2H2. The molecule has 0 aromatic carbocycles. The van der Waals surface area contributed by atoms with Gasteiger partial charge in [-0.3, -0.25) is 5.32 Å². The van der Waals surface area contributed by atoms with E-state index in [1.165, 1.54) is 0 Å². The molecule has 0 amide bonds. The number of hydrogen-bond acceptors (Lipinski definition) is 2. The van der Waals surface area contributed by atoms with E-state index in [0.717, 1.165) is 0 Å². The Balaban J connectivity index is 3.11. The summed E-state index contributed by atoms with van der Waals surface area (Å²) in [6.45, 7) is 0.254. The number of aliphatic hydroxyl groups is 1. The van der Waals surface area contributed by atoms with Crippen LogP contribution in [0.5, 0.6) is 0 Å². The van der Waals surface area contributed by atoms with Crippen LogP contribution in [0.15, 0.2) is 0 Å². The Labute approximate surface area is 62.7 Å². The Bertz CT molecular complexity index is 62.0. The molecule has 0 bridgehead atoms. The van der Waals surface area contributed by atoms with Crippen molar-refractivity contribution in [3.8, 4) is 0 Å². The molecular weight excluding hydrogens is 172 g/mol. The first-order chi connectivity index (χ1) is 3.56. The first-order valence-corrected chi connectivity index (χ1v) is 3.12. The lowest BCUT2D eigenvalue weighted by Gasteiger charge is -2.10. The Kier molecular flexibility index (Phi) is 4.12. The molecule has 0 unspecified atom stereocenters. The maximum Gasteiger partial charge on any atom is 0.245 e. The molecule has 0 rings (SSSR count). The molecular formula is C3H6Cl3NO. The minimum atomic E-state index is -1.44. The number of nitrogens with one attached hydrogen (secondary N) is 1. The highest BCUT2D eigenvalue weighted by Crippen LogP contribution is 2.20. The summed E-state index contributed by atoms with van der Waals surface area (Å²) < 4.78 is -1.44. The van der Waals surface area contributed by atoms with E-state index >= 15 is 0 Å². The number of rotatable bonds is 2. The van der Waals surface area contributed by atoms with Crippen LogP contribution in [0.4, 0.5) is 0 Å². The molecule has 8 heavy (non-hydrogen) atoms. The topological polar surface area (TPSA) is 32.3 Å². The molecule has 0 aliphatic heterocycles. The first kappa shape index (κ1) is 8.79. The third-order valence-corrected chi connectivity index (χ3v) is 0.838. The fourth-order valence-electron chi connectivity index (χ4n) is 0.198. The van der Waals surface area contributed by atoms with E-state index in [4.69, 9.17) is 39.9 Å². The second-order valence-corrected chi connectivity index (χ2v) is 3.43. The van der Waals surface area contributed by atoms with Crippen molar-refractivity contribution >= 4 is 34.8 Å². The number of aliphatic hydroxyl groups excluding tert-OH is 1. The maximum atomic E-state index is 8.19. The zero-order chi connectivity index (χ0) is 6.62. The number of alkyl halides is 3. The summed E-state index contributed by atoms with van der Waals surface area (Å²) in [5.74, 6) is 0. The lowest BCUT2D eigenvalue weighted by atomic mass is 10.7. The molecule has 0 radical (unpaired) electrons. The average molecular weight is 178 g/mol. The van der Waals surface area contributed by atoms with E-state index in [9.17, 15) is 0 Å². The summed E-state index contributed by atoms with van der Waals surface area (Å²) in [5.41, 5.74) is 0. The van der Waals surface area contributed by atoms with Crippen molar-refractivity contribution in [2.24, 2.45) is 0 Å². The van der Waals surface area contributed by atoms with Gasteiger partial charge in [0, 0.05) is 6.54 Å². The monoisotopic (exact) mass is 177 g/mol. The minimum absolute atomic E-state index is 0.0338. The molecule has 0 aromatic heterocycles. The molecule has 50 valence electrons. The van der Waals surface area contributed by atoms with Crippen LogP contribution in [0.1, 0.15) is 0 Å². The van der Waals surface area contributed by atoms with Crippen molar-refractivity contribution in [3.05, 3.63) is 0 Å². The van der Waals surface area contributed by atoms with Crippen molar-refractivity contribution in [3.63, 3.8) is 0 Å². The molecule has 0 spiro atoms. The molecule has 0 atom stereocenters. The van der Waals surface area contributed by atoms with Crippen molar-refractivity contribution < 1.29 is 5.11 Å². The fraction of sp³-hybridized carbons (Fsp3) is 1.00.